The van der Waals surface area contributed by atoms with Gasteiger partial charge in [0.1, 0.15) is 11.6 Å². The zero-order valence-corrected chi connectivity index (χ0v) is 20.8. The Kier molecular flexibility index (Phi) is 7.80. The van der Waals surface area contributed by atoms with E-state index in [0.29, 0.717) is 36.9 Å². The van der Waals surface area contributed by atoms with Gasteiger partial charge in [-0.15, -0.1) is 13.2 Å². The maximum atomic E-state index is 12.8. The average Bonchev–Trinajstić information content (AvgIpc) is 2.79. The van der Waals surface area contributed by atoms with Crippen LogP contribution in [0.3, 0.4) is 0 Å². The van der Waals surface area contributed by atoms with E-state index in [1.807, 2.05) is 31.3 Å². The molecule has 6 nitrogen and oxygen atoms in total. The molecule has 1 saturated carbocycles. The van der Waals surface area contributed by atoms with E-state index < -0.39 is 11.1 Å². The second kappa shape index (κ2) is 10.7. The number of hydrogen-bond donors (Lipinski definition) is 4. The van der Waals surface area contributed by atoms with Gasteiger partial charge >= 0.3 is 6.36 Å². The summed E-state index contributed by atoms with van der Waals surface area (Å²) in [5, 5.41) is 11.1. The number of nitrogens with one attached hydrogen (secondary N) is 3. The van der Waals surface area contributed by atoms with E-state index >= 15 is 0 Å². The topological polar surface area (TPSA) is 71.1 Å². The number of thiol groups is 1. The van der Waals surface area contributed by atoms with Crippen molar-refractivity contribution in [2.75, 3.05) is 24.2 Å². The first-order chi connectivity index (χ1) is 16.6. The third-order valence-corrected chi connectivity index (χ3v) is 6.79. The molecule has 2 aliphatic carbocycles. The van der Waals surface area contributed by atoms with Crippen LogP contribution in [0.4, 0.5) is 24.9 Å². The summed E-state index contributed by atoms with van der Waals surface area (Å²) in [4.78, 5) is 9.27. The molecule has 0 spiro atoms. The van der Waals surface area contributed by atoms with Gasteiger partial charge in [-0.25, -0.2) is 4.98 Å². The number of benzene rings is 1. The fourth-order valence-corrected chi connectivity index (χ4v) is 4.89. The molecule has 1 unspecified atom stereocenters. The highest BCUT2D eigenvalue weighted by Gasteiger charge is 2.35. The summed E-state index contributed by atoms with van der Waals surface area (Å²) >= 11 is 4.41. The van der Waals surface area contributed by atoms with Gasteiger partial charge in [0.25, 0.3) is 0 Å². The van der Waals surface area contributed by atoms with Crippen molar-refractivity contribution in [3.05, 3.63) is 47.7 Å². The molecule has 35 heavy (non-hydrogen) atoms. The molecule has 10 heteroatoms. The Hall–Kier alpha value is -2.46. The van der Waals surface area contributed by atoms with Crippen LogP contribution < -0.4 is 16.0 Å². The molecule has 1 aromatic carbocycles. The minimum atomic E-state index is -4.71. The van der Waals surface area contributed by atoms with Crippen LogP contribution in [0.2, 0.25) is 0 Å². The van der Waals surface area contributed by atoms with Crippen LogP contribution in [0.1, 0.15) is 45.4 Å². The lowest BCUT2D eigenvalue weighted by atomic mass is 9.90. The summed E-state index contributed by atoms with van der Waals surface area (Å²) in [5.41, 5.74) is 1.47. The molecule has 1 fully saturated rings. The standard InChI is InChI=1S/C25H32F3N5OS/c1-24(35)13-11-16(21(15-24)34-25(26,27)28)12-14-30-17-7-9-18(10-8-17)31-23-32-20-6-4-3-5-19(20)22(29-2)33-23/h3-6,11,15,17-18,30,35H,7-10,12-14H2,1-2H3,(H2,29,31,32,33). The number of hydrogen-bond acceptors (Lipinski definition) is 7. The van der Waals surface area contributed by atoms with Crippen LogP contribution in [-0.2, 0) is 4.74 Å². The molecule has 4 rings (SSSR count). The molecule has 1 aromatic heterocycles. The molecule has 0 radical (unpaired) electrons. The Morgan fingerprint density at radius 1 is 1.11 bits per heavy atom. The van der Waals surface area contributed by atoms with Gasteiger partial charge in [-0.2, -0.15) is 17.6 Å². The van der Waals surface area contributed by atoms with Crippen LogP contribution in [0, 0.1) is 0 Å². The zero-order chi connectivity index (χ0) is 25.1. The molecule has 0 aliphatic heterocycles. The van der Waals surface area contributed by atoms with Crippen molar-refractivity contribution in [3.8, 4) is 0 Å². The summed E-state index contributed by atoms with van der Waals surface area (Å²) in [6.45, 7) is 2.37. The summed E-state index contributed by atoms with van der Waals surface area (Å²) in [5.74, 6) is 1.28. The summed E-state index contributed by atoms with van der Waals surface area (Å²) < 4.78 is 42.2. The lowest BCUT2D eigenvalue weighted by Gasteiger charge is -2.30. The molecule has 1 atom stereocenters. The largest absolute Gasteiger partial charge is 0.573 e. The Labute approximate surface area is 209 Å². The first-order valence-corrected chi connectivity index (χ1v) is 12.4. The number of rotatable bonds is 8. The quantitative estimate of drug-likeness (QED) is 0.338. The normalized spacial score (nSPS) is 25.1. The fourth-order valence-electron chi connectivity index (χ4n) is 4.68. The maximum Gasteiger partial charge on any atom is 0.573 e. The van der Waals surface area contributed by atoms with Gasteiger partial charge in [-0.1, -0.05) is 18.2 Å². The van der Waals surface area contributed by atoms with E-state index in [2.05, 4.69) is 43.3 Å². The van der Waals surface area contributed by atoms with Crippen molar-refractivity contribution in [1.29, 1.82) is 0 Å². The Balaban J connectivity index is 1.26. The third-order valence-electron chi connectivity index (χ3n) is 6.47. The highest BCUT2D eigenvalue weighted by molar-refractivity contribution is 7.82. The number of halogens is 3. The highest BCUT2D eigenvalue weighted by Crippen LogP contribution is 2.36. The molecule has 190 valence electrons. The van der Waals surface area contributed by atoms with Gasteiger partial charge in [0, 0.05) is 29.3 Å². The van der Waals surface area contributed by atoms with E-state index in [9.17, 15) is 13.2 Å². The van der Waals surface area contributed by atoms with E-state index in [-0.39, 0.29) is 11.8 Å². The van der Waals surface area contributed by atoms with Crippen LogP contribution in [-0.4, -0.2) is 46.8 Å². The van der Waals surface area contributed by atoms with Crippen LogP contribution in [0.25, 0.3) is 10.9 Å². The van der Waals surface area contributed by atoms with Crippen LogP contribution >= 0.6 is 12.6 Å². The predicted molar refractivity (Wildman–Crippen MR) is 137 cm³/mol. The molecule has 1 heterocycles. The molecule has 0 bridgehead atoms. The van der Waals surface area contributed by atoms with E-state index in [0.717, 1.165) is 42.4 Å². The lowest BCUT2D eigenvalue weighted by Crippen LogP contribution is -2.38. The van der Waals surface area contributed by atoms with E-state index in [1.54, 1.807) is 13.0 Å². The van der Waals surface area contributed by atoms with Crippen LogP contribution in [0.5, 0.6) is 0 Å². The Morgan fingerprint density at radius 2 is 1.83 bits per heavy atom. The summed E-state index contributed by atoms with van der Waals surface area (Å²) in [6, 6.07) is 8.51. The van der Waals surface area contributed by atoms with Crippen molar-refractivity contribution < 1.29 is 17.9 Å². The van der Waals surface area contributed by atoms with Gasteiger partial charge in [0.15, 0.2) is 0 Å². The van der Waals surface area contributed by atoms with Gasteiger partial charge in [0.2, 0.25) is 5.95 Å². The van der Waals surface area contributed by atoms with Crippen molar-refractivity contribution in [3.63, 3.8) is 0 Å². The van der Waals surface area contributed by atoms with E-state index in [4.69, 9.17) is 0 Å². The van der Waals surface area contributed by atoms with Gasteiger partial charge in [-0.05, 0) is 75.8 Å². The Bertz CT molecular complexity index is 1090. The minimum absolute atomic E-state index is 0.132. The highest BCUT2D eigenvalue weighted by atomic mass is 32.1. The molecule has 0 amide bonds. The second-order valence-electron chi connectivity index (χ2n) is 9.41. The number of aromatic nitrogens is 2. The smallest absolute Gasteiger partial charge is 0.406 e. The molecular weight excluding hydrogens is 475 g/mol. The second-order valence-corrected chi connectivity index (χ2v) is 10.4. The van der Waals surface area contributed by atoms with E-state index in [1.165, 1.54) is 6.08 Å². The van der Waals surface area contributed by atoms with Crippen molar-refractivity contribution in [1.82, 2.24) is 15.3 Å². The van der Waals surface area contributed by atoms with Crippen molar-refractivity contribution in [2.45, 2.75) is 68.6 Å². The summed E-state index contributed by atoms with van der Waals surface area (Å²) in [6.07, 6.45) is 3.47. The van der Waals surface area contributed by atoms with Gasteiger partial charge in [0.05, 0.1) is 5.52 Å². The predicted octanol–water partition coefficient (Wildman–Crippen LogP) is 5.81. The van der Waals surface area contributed by atoms with Gasteiger partial charge in [-0.3, -0.25) is 0 Å². The monoisotopic (exact) mass is 507 g/mol. The maximum absolute atomic E-state index is 12.8. The molecule has 0 saturated heterocycles. The fraction of sp³-hybridized carbons (Fsp3) is 0.520. The third kappa shape index (κ3) is 7.04. The number of fused-ring (bicyclic) bond motifs is 1. The minimum Gasteiger partial charge on any atom is -0.406 e. The molecular formula is C25H32F3N5OS. The number of allylic oxidation sites excluding steroid dienone is 2. The van der Waals surface area contributed by atoms with Crippen LogP contribution in [0.15, 0.2) is 47.7 Å². The summed E-state index contributed by atoms with van der Waals surface area (Å²) in [7, 11) is 1.85. The molecule has 3 N–H and O–H groups in total. The SMILES string of the molecule is CNc1nc(NC2CCC(NCCC3=CCC(C)(S)C=C3OC(F)(F)F)CC2)nc2ccccc12. The first kappa shape index (κ1) is 25.6. The zero-order valence-electron chi connectivity index (χ0n) is 20.0. The lowest BCUT2D eigenvalue weighted by molar-refractivity contribution is -0.304. The molecule has 2 aromatic rings. The number of anilines is 2. The Morgan fingerprint density at radius 3 is 2.54 bits per heavy atom. The number of alkyl halides is 3. The number of para-hydroxylation sites is 1. The average molecular weight is 508 g/mol. The first-order valence-electron chi connectivity index (χ1n) is 12.0. The van der Waals surface area contributed by atoms with Gasteiger partial charge < -0.3 is 20.7 Å². The number of nitrogens with zero attached hydrogens (tertiary/aromatic N) is 2. The van der Waals surface area contributed by atoms with Crippen molar-refractivity contribution >= 4 is 35.3 Å². The number of ether oxygens (including phenoxy) is 1. The van der Waals surface area contributed by atoms with Crippen molar-refractivity contribution in [2.24, 2.45) is 0 Å². The molecule has 2 aliphatic rings.